The number of carbonyl (C=O) groups excluding carboxylic acids is 2. The average molecular weight is 540 g/mol. The Morgan fingerprint density at radius 1 is 1.33 bits per heavy atom. The van der Waals surface area contributed by atoms with E-state index in [1.54, 1.807) is 33.9 Å². The molecule has 11 nitrogen and oxygen atoms in total. The number of aliphatic hydroxyl groups excluding tert-OH is 1. The summed E-state index contributed by atoms with van der Waals surface area (Å²) in [5.74, 6) is -3.07. The number of hydrogen-bond acceptors (Lipinski definition) is 9. The summed E-state index contributed by atoms with van der Waals surface area (Å²) in [4.78, 5) is 43.7. The first-order valence-corrected chi connectivity index (χ1v) is 14.0. The summed E-state index contributed by atoms with van der Waals surface area (Å²) in [7, 11) is -3.64. The maximum atomic E-state index is 13.0. The van der Waals surface area contributed by atoms with Crippen LogP contribution >= 0.6 is 11.3 Å². The molecule has 4 rings (SSSR count). The summed E-state index contributed by atoms with van der Waals surface area (Å²) in [5.41, 5.74) is -1.63. The van der Waals surface area contributed by atoms with Crippen LogP contribution in [0.5, 0.6) is 0 Å². The Hall–Kier alpha value is -2.77. The van der Waals surface area contributed by atoms with E-state index in [-0.39, 0.29) is 23.8 Å². The van der Waals surface area contributed by atoms with Crippen molar-refractivity contribution < 1.29 is 37.8 Å². The van der Waals surface area contributed by atoms with E-state index >= 15 is 0 Å². The standard InChI is InChI=1S/C23H29N3O8S2/c1-11(27)13-16-23(5,7-8-34-21(31)22(2,3)4)14(15(20(29)30)26(16)18(13)28)12-9-25-10-24-17(19(25)35-12)36(6,32)33/h9-11,13,16,27H,7-8H2,1-6H3,(H,29,30)/t11-,13-,16-,23?/m1/s1. The quantitative estimate of drug-likeness (QED) is 0.396. The highest BCUT2D eigenvalue weighted by Gasteiger charge is 2.66. The van der Waals surface area contributed by atoms with E-state index in [4.69, 9.17) is 4.74 Å². The van der Waals surface area contributed by atoms with Crippen LogP contribution < -0.4 is 0 Å². The zero-order valence-corrected chi connectivity index (χ0v) is 22.4. The third-order valence-electron chi connectivity index (χ3n) is 6.81. The number of imidazole rings is 1. The topological polar surface area (TPSA) is 156 Å². The van der Waals surface area contributed by atoms with E-state index in [0.29, 0.717) is 15.3 Å². The first-order chi connectivity index (χ1) is 16.5. The second-order valence-corrected chi connectivity index (χ2v) is 13.6. The molecule has 0 aliphatic carbocycles. The molecule has 4 heterocycles. The Balaban J connectivity index is 1.85. The molecule has 0 saturated carbocycles. The van der Waals surface area contributed by atoms with Crippen LogP contribution in [-0.2, 0) is 29.0 Å². The molecule has 36 heavy (non-hydrogen) atoms. The normalized spacial score (nSPS) is 25.2. The van der Waals surface area contributed by atoms with Gasteiger partial charge in [0.25, 0.3) is 0 Å². The average Bonchev–Trinajstić information content (AvgIpc) is 3.35. The molecule has 0 aromatic carbocycles. The molecule has 1 unspecified atom stereocenters. The van der Waals surface area contributed by atoms with E-state index in [0.717, 1.165) is 17.6 Å². The van der Waals surface area contributed by atoms with Crippen molar-refractivity contribution in [3.05, 3.63) is 23.1 Å². The Labute approximate surface area is 212 Å². The van der Waals surface area contributed by atoms with E-state index in [1.807, 2.05) is 0 Å². The summed E-state index contributed by atoms with van der Waals surface area (Å²) in [6.07, 6.45) is 3.13. The largest absolute Gasteiger partial charge is 0.477 e. The number of esters is 1. The third kappa shape index (κ3) is 3.93. The van der Waals surface area contributed by atoms with Crippen LogP contribution in [0.3, 0.4) is 0 Å². The van der Waals surface area contributed by atoms with Crippen LogP contribution in [-0.4, -0.2) is 75.8 Å². The van der Waals surface area contributed by atoms with Crippen LogP contribution in [0.1, 0.15) is 45.9 Å². The van der Waals surface area contributed by atoms with Crippen LogP contribution in [0.2, 0.25) is 0 Å². The fourth-order valence-electron chi connectivity index (χ4n) is 5.05. The number of carboxylic acids is 1. The molecule has 13 heteroatoms. The molecular weight excluding hydrogens is 510 g/mol. The van der Waals surface area contributed by atoms with Crippen molar-refractivity contribution >= 4 is 49.4 Å². The third-order valence-corrected chi connectivity index (χ3v) is 9.07. The van der Waals surface area contributed by atoms with Crippen molar-refractivity contribution in [1.29, 1.82) is 0 Å². The fourth-order valence-corrected chi connectivity index (χ4v) is 7.44. The van der Waals surface area contributed by atoms with Gasteiger partial charge in [-0.05, 0) is 34.1 Å². The molecule has 196 valence electrons. The second kappa shape index (κ2) is 8.38. The molecule has 1 fully saturated rings. The maximum Gasteiger partial charge on any atom is 0.352 e. The molecule has 2 aliphatic rings. The number of carboxylic acid groups (broad SMARTS) is 1. The minimum absolute atomic E-state index is 0.0333. The SMILES string of the molecule is C[C@@H](O)[C@H]1C(=O)N2C(C(=O)O)=C(c3cn4cnc(S(C)(=O)=O)c4s3)C(C)(CCOC(=O)C(C)(C)C)[C@@H]12. The van der Waals surface area contributed by atoms with Crippen LogP contribution in [0.15, 0.2) is 23.2 Å². The first-order valence-electron chi connectivity index (χ1n) is 11.3. The van der Waals surface area contributed by atoms with Crippen molar-refractivity contribution in [1.82, 2.24) is 14.3 Å². The van der Waals surface area contributed by atoms with Gasteiger partial charge in [-0.2, -0.15) is 0 Å². The highest BCUT2D eigenvalue weighted by atomic mass is 32.2. The van der Waals surface area contributed by atoms with Gasteiger partial charge >= 0.3 is 11.9 Å². The number of rotatable bonds is 7. The molecule has 2 N–H and O–H groups in total. The summed E-state index contributed by atoms with van der Waals surface area (Å²) in [5, 5.41) is 20.4. The van der Waals surface area contributed by atoms with Gasteiger partial charge in [0.2, 0.25) is 5.91 Å². The van der Waals surface area contributed by atoms with Gasteiger partial charge in [-0.3, -0.25) is 14.0 Å². The minimum Gasteiger partial charge on any atom is -0.477 e. The van der Waals surface area contributed by atoms with Crippen molar-refractivity contribution in [2.45, 2.75) is 58.2 Å². The lowest BCUT2D eigenvalue weighted by Gasteiger charge is -2.50. The number of aliphatic hydroxyl groups is 1. The highest BCUT2D eigenvalue weighted by Crippen LogP contribution is 2.60. The molecule has 2 aromatic rings. The summed E-state index contributed by atoms with van der Waals surface area (Å²) < 4.78 is 31.4. The fraction of sp³-hybridized carbons (Fsp3) is 0.565. The van der Waals surface area contributed by atoms with E-state index in [1.165, 1.54) is 22.6 Å². The van der Waals surface area contributed by atoms with Crippen molar-refractivity contribution in [3.8, 4) is 0 Å². The maximum absolute atomic E-state index is 13.0. The number of amides is 1. The van der Waals surface area contributed by atoms with E-state index in [2.05, 4.69) is 4.98 Å². The van der Waals surface area contributed by atoms with Crippen LogP contribution in [0, 0.1) is 16.7 Å². The summed E-state index contributed by atoms with van der Waals surface area (Å²) in [6.45, 7) is 8.40. The second-order valence-electron chi connectivity index (χ2n) is 10.6. The zero-order valence-electron chi connectivity index (χ0n) is 20.8. The van der Waals surface area contributed by atoms with Crippen LogP contribution in [0.4, 0.5) is 0 Å². The molecule has 1 amide bonds. The van der Waals surface area contributed by atoms with Gasteiger partial charge in [-0.15, -0.1) is 11.3 Å². The molecule has 2 aromatic heterocycles. The monoisotopic (exact) mass is 539 g/mol. The zero-order chi connectivity index (χ0) is 27.0. The Morgan fingerprint density at radius 2 is 1.97 bits per heavy atom. The van der Waals surface area contributed by atoms with Gasteiger partial charge < -0.3 is 19.8 Å². The van der Waals surface area contributed by atoms with Gasteiger partial charge in [0.05, 0.1) is 35.0 Å². The lowest BCUT2D eigenvalue weighted by molar-refractivity contribution is -0.168. The molecule has 2 aliphatic heterocycles. The number of carbonyl (C=O) groups is 3. The molecular formula is C23H29N3O8S2. The number of hydrogen-bond donors (Lipinski definition) is 2. The van der Waals surface area contributed by atoms with E-state index < -0.39 is 56.6 Å². The van der Waals surface area contributed by atoms with Crippen molar-refractivity contribution in [2.75, 3.05) is 12.9 Å². The molecule has 0 spiro atoms. The number of thiazole rings is 1. The number of ether oxygens (including phenoxy) is 1. The lowest BCUT2D eigenvalue weighted by atomic mass is 9.65. The Kier molecular flexibility index (Phi) is 6.12. The van der Waals surface area contributed by atoms with E-state index in [9.17, 15) is 33.0 Å². The van der Waals surface area contributed by atoms with Gasteiger partial charge in [-0.1, -0.05) is 6.92 Å². The molecule has 0 radical (unpaired) electrons. The number of β-lactam (4-membered cyclic amide) rings is 1. The summed E-state index contributed by atoms with van der Waals surface area (Å²) in [6, 6.07) is -0.673. The Bertz CT molecular complexity index is 1410. The van der Waals surface area contributed by atoms with Gasteiger partial charge in [0.15, 0.2) is 14.9 Å². The predicted molar refractivity (Wildman–Crippen MR) is 130 cm³/mol. The molecule has 1 saturated heterocycles. The van der Waals surface area contributed by atoms with Crippen molar-refractivity contribution in [3.63, 3.8) is 0 Å². The lowest BCUT2D eigenvalue weighted by Crippen LogP contribution is -2.66. The molecule has 4 atom stereocenters. The number of aromatic nitrogens is 2. The van der Waals surface area contributed by atoms with Gasteiger partial charge in [0.1, 0.15) is 16.9 Å². The number of sulfone groups is 1. The van der Waals surface area contributed by atoms with Gasteiger partial charge in [-0.25, -0.2) is 18.2 Å². The molecule has 0 bridgehead atoms. The predicted octanol–water partition coefficient (Wildman–Crippen LogP) is 1.80. The minimum atomic E-state index is -3.64. The Morgan fingerprint density at radius 3 is 2.50 bits per heavy atom. The first kappa shape index (κ1) is 26.3. The van der Waals surface area contributed by atoms with Crippen molar-refractivity contribution in [2.24, 2.45) is 16.7 Å². The number of nitrogens with zero attached hydrogens (tertiary/aromatic N) is 3. The highest BCUT2D eigenvalue weighted by molar-refractivity contribution is 7.91. The van der Waals surface area contributed by atoms with Gasteiger partial charge in [0, 0.05) is 23.4 Å². The number of aliphatic carboxylic acids is 1. The summed E-state index contributed by atoms with van der Waals surface area (Å²) >= 11 is 1.06. The van der Waals surface area contributed by atoms with Crippen LogP contribution in [0.25, 0.3) is 10.4 Å². The number of fused-ring (bicyclic) bond motifs is 2. The smallest absolute Gasteiger partial charge is 0.352 e.